The van der Waals surface area contributed by atoms with Crippen molar-refractivity contribution in [2.45, 2.75) is 32.4 Å². The fourth-order valence-corrected chi connectivity index (χ4v) is 3.66. The van der Waals surface area contributed by atoms with Crippen molar-refractivity contribution in [3.63, 3.8) is 0 Å². The van der Waals surface area contributed by atoms with Gasteiger partial charge in [0.2, 0.25) is 5.91 Å². The van der Waals surface area contributed by atoms with Crippen molar-refractivity contribution in [2.75, 3.05) is 0 Å². The van der Waals surface area contributed by atoms with Gasteiger partial charge in [-0.05, 0) is 48.4 Å². The minimum absolute atomic E-state index is 0.158. The Kier molecular flexibility index (Phi) is 4.28. The molecule has 2 amide bonds. The second kappa shape index (κ2) is 6.63. The van der Waals surface area contributed by atoms with E-state index in [1.54, 1.807) is 12.1 Å². The molecule has 1 heterocycles. The molecule has 0 atom stereocenters. The number of benzene rings is 3. The van der Waals surface area contributed by atoms with Crippen LogP contribution in [0.5, 0.6) is 0 Å². The lowest BCUT2D eigenvalue weighted by atomic mass is 10.0. The van der Waals surface area contributed by atoms with Crippen LogP contribution in [-0.2, 0) is 11.3 Å². The maximum atomic E-state index is 13.0. The van der Waals surface area contributed by atoms with Gasteiger partial charge in [0.25, 0.3) is 5.91 Å². The molecule has 4 rings (SSSR count). The minimum Gasteiger partial charge on any atom is -0.273 e. The Balaban J connectivity index is 1.68. The molecule has 0 bridgehead atoms. The van der Waals surface area contributed by atoms with Crippen molar-refractivity contribution in [3.05, 3.63) is 83.9 Å². The van der Waals surface area contributed by atoms with Crippen molar-refractivity contribution in [2.24, 2.45) is 0 Å². The highest BCUT2D eigenvalue weighted by atomic mass is 16.2. The summed E-state index contributed by atoms with van der Waals surface area (Å²) >= 11 is 0. The zero-order valence-electron chi connectivity index (χ0n) is 15.6. The van der Waals surface area contributed by atoms with Crippen LogP contribution in [0.2, 0.25) is 0 Å². The van der Waals surface area contributed by atoms with Crippen LogP contribution < -0.4 is 0 Å². The Morgan fingerprint density at radius 2 is 1.59 bits per heavy atom. The van der Waals surface area contributed by atoms with Crippen LogP contribution in [0.3, 0.4) is 0 Å². The first-order valence-corrected chi connectivity index (χ1v) is 9.13. The molecule has 1 fully saturated rings. The third-order valence-electron chi connectivity index (χ3n) is 5.12. The standard InChI is InChI=1S/C23H22N2O2/c1-23(2)15-21(26)25(22(27)19-9-4-3-5-10-19)24(23)16-17-12-13-18-8-6-7-11-20(18)14-17/h3-14H,15-16H2,1-2H3. The highest BCUT2D eigenvalue weighted by Crippen LogP contribution is 2.33. The summed E-state index contributed by atoms with van der Waals surface area (Å²) in [6.45, 7) is 4.51. The number of imide groups is 1. The first-order valence-electron chi connectivity index (χ1n) is 9.13. The predicted molar refractivity (Wildman–Crippen MR) is 106 cm³/mol. The zero-order chi connectivity index (χ0) is 19.0. The molecule has 0 unspecified atom stereocenters. The van der Waals surface area contributed by atoms with Crippen molar-refractivity contribution in [1.82, 2.24) is 10.0 Å². The molecule has 0 N–H and O–H groups in total. The summed E-state index contributed by atoms with van der Waals surface area (Å²) in [6, 6.07) is 23.4. The molecule has 0 saturated carbocycles. The summed E-state index contributed by atoms with van der Waals surface area (Å²) in [5, 5.41) is 5.55. The van der Waals surface area contributed by atoms with Crippen LogP contribution in [0.15, 0.2) is 72.8 Å². The van der Waals surface area contributed by atoms with Crippen LogP contribution in [0.25, 0.3) is 10.8 Å². The van der Waals surface area contributed by atoms with Crippen molar-refractivity contribution in [3.8, 4) is 0 Å². The summed E-state index contributed by atoms with van der Waals surface area (Å²) in [7, 11) is 0. The fraction of sp³-hybridized carbons (Fsp3) is 0.217. The van der Waals surface area contributed by atoms with Gasteiger partial charge in [0.15, 0.2) is 0 Å². The first kappa shape index (κ1) is 17.4. The van der Waals surface area contributed by atoms with Gasteiger partial charge in [-0.1, -0.05) is 54.6 Å². The van der Waals surface area contributed by atoms with E-state index in [-0.39, 0.29) is 11.8 Å². The normalized spacial score (nSPS) is 16.8. The largest absolute Gasteiger partial charge is 0.275 e. The van der Waals surface area contributed by atoms with E-state index in [0.717, 1.165) is 10.9 Å². The molecule has 136 valence electrons. The maximum Gasteiger partial charge on any atom is 0.275 e. The smallest absolute Gasteiger partial charge is 0.273 e. The summed E-state index contributed by atoms with van der Waals surface area (Å²) < 4.78 is 0. The average Bonchev–Trinajstić information content (AvgIpc) is 2.89. The van der Waals surface area contributed by atoms with E-state index in [4.69, 9.17) is 0 Å². The first-order chi connectivity index (χ1) is 13.0. The molecule has 1 aliphatic heterocycles. The number of hydrogen-bond donors (Lipinski definition) is 0. The number of hydrogen-bond acceptors (Lipinski definition) is 3. The van der Waals surface area contributed by atoms with E-state index in [0.29, 0.717) is 18.5 Å². The lowest BCUT2D eigenvalue weighted by Gasteiger charge is -2.35. The molecule has 27 heavy (non-hydrogen) atoms. The molecule has 3 aromatic carbocycles. The van der Waals surface area contributed by atoms with E-state index in [2.05, 4.69) is 30.3 Å². The monoisotopic (exact) mass is 358 g/mol. The second-order valence-corrected chi connectivity index (χ2v) is 7.61. The second-order valence-electron chi connectivity index (χ2n) is 7.61. The predicted octanol–water partition coefficient (Wildman–Crippen LogP) is 4.41. The summed E-state index contributed by atoms with van der Waals surface area (Å²) in [5.74, 6) is -0.429. The number of hydrazine groups is 1. The molecule has 4 nitrogen and oxygen atoms in total. The van der Waals surface area contributed by atoms with Crippen LogP contribution >= 0.6 is 0 Å². The Labute approximate surface area is 159 Å². The van der Waals surface area contributed by atoms with Crippen molar-refractivity contribution in [1.29, 1.82) is 0 Å². The molecule has 3 aromatic rings. The molecule has 4 heteroatoms. The van der Waals surface area contributed by atoms with E-state index < -0.39 is 5.54 Å². The lowest BCUT2D eigenvalue weighted by molar-refractivity contribution is -0.134. The van der Waals surface area contributed by atoms with Gasteiger partial charge in [0.05, 0.1) is 0 Å². The summed E-state index contributed by atoms with van der Waals surface area (Å²) in [5.41, 5.74) is 1.17. The Hall–Kier alpha value is -2.98. The number of nitrogens with zero attached hydrogens (tertiary/aromatic N) is 2. The number of carbonyl (C=O) groups is 2. The van der Waals surface area contributed by atoms with Gasteiger partial charge < -0.3 is 0 Å². The highest BCUT2D eigenvalue weighted by molar-refractivity contribution is 6.05. The lowest BCUT2D eigenvalue weighted by Crippen LogP contribution is -2.49. The van der Waals surface area contributed by atoms with Crippen molar-refractivity contribution >= 4 is 22.6 Å². The van der Waals surface area contributed by atoms with Gasteiger partial charge in [-0.15, -0.1) is 0 Å². The zero-order valence-corrected chi connectivity index (χ0v) is 15.6. The molecule has 1 saturated heterocycles. The van der Waals surface area contributed by atoms with Crippen LogP contribution in [0.1, 0.15) is 36.2 Å². The molecule has 0 spiro atoms. The van der Waals surface area contributed by atoms with Crippen LogP contribution in [0.4, 0.5) is 0 Å². The molecule has 0 aliphatic carbocycles. The van der Waals surface area contributed by atoms with E-state index in [1.165, 1.54) is 10.4 Å². The third kappa shape index (κ3) is 3.24. The molecule has 0 radical (unpaired) electrons. The number of carbonyl (C=O) groups excluding carboxylic acids is 2. The average molecular weight is 358 g/mol. The van der Waals surface area contributed by atoms with E-state index in [1.807, 2.05) is 49.2 Å². The Morgan fingerprint density at radius 1 is 0.926 bits per heavy atom. The van der Waals surface area contributed by atoms with Gasteiger partial charge in [-0.25, -0.2) is 10.0 Å². The molecular weight excluding hydrogens is 336 g/mol. The summed E-state index contributed by atoms with van der Waals surface area (Å²) in [4.78, 5) is 25.7. The van der Waals surface area contributed by atoms with Crippen molar-refractivity contribution < 1.29 is 9.59 Å². The van der Waals surface area contributed by atoms with Gasteiger partial charge in [0, 0.05) is 24.1 Å². The molecule has 0 aromatic heterocycles. The number of rotatable bonds is 3. The number of fused-ring (bicyclic) bond motifs is 1. The van der Waals surface area contributed by atoms with Gasteiger partial charge in [-0.2, -0.15) is 0 Å². The van der Waals surface area contributed by atoms with Gasteiger partial charge >= 0.3 is 0 Å². The van der Waals surface area contributed by atoms with E-state index in [9.17, 15) is 9.59 Å². The topological polar surface area (TPSA) is 40.6 Å². The Bertz CT molecular complexity index is 1010. The van der Waals surface area contributed by atoms with Crippen LogP contribution in [0, 0.1) is 0 Å². The van der Waals surface area contributed by atoms with Gasteiger partial charge in [0.1, 0.15) is 0 Å². The summed E-state index contributed by atoms with van der Waals surface area (Å²) in [6.07, 6.45) is 0.319. The minimum atomic E-state index is -0.423. The number of amides is 2. The SMILES string of the molecule is CC1(C)CC(=O)N(C(=O)c2ccccc2)N1Cc1ccc2ccccc2c1. The quantitative estimate of drug-likeness (QED) is 0.651. The Morgan fingerprint density at radius 3 is 2.33 bits per heavy atom. The van der Waals surface area contributed by atoms with Gasteiger partial charge in [-0.3, -0.25) is 9.59 Å². The van der Waals surface area contributed by atoms with E-state index >= 15 is 0 Å². The fourth-order valence-electron chi connectivity index (χ4n) is 3.66. The van der Waals surface area contributed by atoms with Crippen LogP contribution in [-0.4, -0.2) is 27.4 Å². The molecular formula is C23H22N2O2. The maximum absolute atomic E-state index is 13.0. The third-order valence-corrected chi connectivity index (χ3v) is 5.12. The highest BCUT2D eigenvalue weighted by Gasteiger charge is 2.46. The molecule has 1 aliphatic rings.